The smallest absolute Gasteiger partial charge is 0.333 e. The van der Waals surface area contributed by atoms with E-state index < -0.39 is 41.9 Å². The Hall–Kier alpha value is -3.37. The van der Waals surface area contributed by atoms with Gasteiger partial charge in [0.1, 0.15) is 12.1 Å². The maximum absolute atomic E-state index is 13.3. The molecule has 3 atom stereocenters. The van der Waals surface area contributed by atoms with Gasteiger partial charge in [0, 0.05) is 17.9 Å². The van der Waals surface area contributed by atoms with Gasteiger partial charge in [-0.05, 0) is 31.4 Å². The minimum absolute atomic E-state index is 0.0624. The van der Waals surface area contributed by atoms with Crippen molar-refractivity contribution >= 4 is 35.5 Å². The summed E-state index contributed by atoms with van der Waals surface area (Å²) >= 11 is 1.47. The quantitative estimate of drug-likeness (QED) is 0.299. The second kappa shape index (κ2) is 16.4. The number of rotatable bonds is 15. The zero-order valence-corrected chi connectivity index (χ0v) is 22.0. The number of benzene rings is 2. The molecule has 0 aliphatic rings. The molecule has 10 heteroatoms. The molecule has 0 saturated carbocycles. The molecule has 0 fully saturated rings. The Morgan fingerprint density at radius 2 is 1.46 bits per heavy atom. The topological polar surface area (TPSA) is 137 Å². The van der Waals surface area contributed by atoms with E-state index in [-0.39, 0.29) is 31.8 Å². The van der Waals surface area contributed by atoms with Gasteiger partial charge < -0.3 is 25.8 Å². The van der Waals surface area contributed by atoms with Crippen molar-refractivity contribution in [1.82, 2.24) is 10.6 Å². The van der Waals surface area contributed by atoms with Gasteiger partial charge in [0.05, 0.1) is 13.2 Å². The molecule has 0 aliphatic heterocycles. The maximum Gasteiger partial charge on any atom is 0.333 e. The fraction of sp³-hybridized carbons (Fsp3) is 0.407. The van der Waals surface area contributed by atoms with Crippen molar-refractivity contribution in [3.05, 3.63) is 71.8 Å². The number of hydrogen-bond donors (Lipinski definition) is 3. The fourth-order valence-electron chi connectivity index (χ4n) is 3.36. The first kappa shape index (κ1) is 29.9. The lowest BCUT2D eigenvalue weighted by atomic mass is 10.1. The van der Waals surface area contributed by atoms with Crippen LogP contribution in [0.5, 0.6) is 0 Å². The van der Waals surface area contributed by atoms with Crippen molar-refractivity contribution in [3.63, 3.8) is 0 Å². The zero-order valence-electron chi connectivity index (χ0n) is 21.2. The first-order chi connectivity index (χ1) is 17.8. The Morgan fingerprint density at radius 1 is 0.865 bits per heavy atom. The second-order valence-electron chi connectivity index (χ2n) is 8.12. The minimum atomic E-state index is -1.02. The van der Waals surface area contributed by atoms with Crippen LogP contribution in [0.2, 0.25) is 0 Å². The predicted octanol–water partition coefficient (Wildman–Crippen LogP) is 2.50. The average molecular weight is 530 g/mol. The van der Waals surface area contributed by atoms with E-state index in [9.17, 15) is 19.2 Å². The summed E-state index contributed by atoms with van der Waals surface area (Å²) in [7, 11) is 0. The number of carbonyl (C=O) groups excluding carboxylic acids is 4. The average Bonchev–Trinajstić information content (AvgIpc) is 2.91. The normalized spacial score (nSPS) is 13.1. The SMILES string of the molecule is CCOC(=O)[C@H](N)CCC(=O)N[C@H](CSCc1ccccc1)C(=O)N[C@H](C(=O)OCC)c1ccccc1. The van der Waals surface area contributed by atoms with Crippen LogP contribution in [-0.4, -0.2) is 54.8 Å². The first-order valence-electron chi connectivity index (χ1n) is 12.2. The monoisotopic (exact) mass is 529 g/mol. The van der Waals surface area contributed by atoms with Gasteiger partial charge in [0.2, 0.25) is 11.8 Å². The summed E-state index contributed by atoms with van der Waals surface area (Å²) in [5, 5.41) is 5.46. The van der Waals surface area contributed by atoms with Crippen LogP contribution in [0.3, 0.4) is 0 Å². The molecule has 2 rings (SSSR count). The van der Waals surface area contributed by atoms with Crippen molar-refractivity contribution in [3.8, 4) is 0 Å². The van der Waals surface area contributed by atoms with Crippen molar-refractivity contribution in [2.45, 2.75) is 50.6 Å². The number of amides is 2. The van der Waals surface area contributed by atoms with Crippen LogP contribution in [0, 0.1) is 0 Å². The number of thioether (sulfide) groups is 1. The fourth-order valence-corrected chi connectivity index (χ4v) is 4.38. The summed E-state index contributed by atoms with van der Waals surface area (Å²) in [5.41, 5.74) is 7.43. The highest BCUT2D eigenvalue weighted by atomic mass is 32.2. The molecule has 0 bridgehead atoms. The van der Waals surface area contributed by atoms with Gasteiger partial charge >= 0.3 is 11.9 Å². The van der Waals surface area contributed by atoms with Crippen LogP contribution in [0.4, 0.5) is 0 Å². The predicted molar refractivity (Wildman–Crippen MR) is 142 cm³/mol. The van der Waals surface area contributed by atoms with Crippen LogP contribution in [0.1, 0.15) is 43.9 Å². The van der Waals surface area contributed by atoms with Gasteiger partial charge in [-0.3, -0.25) is 14.4 Å². The Balaban J connectivity index is 2.10. The summed E-state index contributed by atoms with van der Waals surface area (Å²) in [6.45, 7) is 3.72. The molecule has 0 saturated heterocycles. The Kier molecular flexibility index (Phi) is 13.2. The summed E-state index contributed by atoms with van der Waals surface area (Å²) in [4.78, 5) is 50.3. The molecule has 0 aromatic heterocycles. The van der Waals surface area contributed by atoms with Crippen molar-refractivity contribution in [2.24, 2.45) is 5.73 Å². The van der Waals surface area contributed by atoms with E-state index in [2.05, 4.69) is 10.6 Å². The number of carbonyl (C=O) groups is 4. The van der Waals surface area contributed by atoms with E-state index in [1.807, 2.05) is 30.3 Å². The standard InChI is InChI=1S/C27H35N3O6S/c1-3-35-26(33)21(28)15-16-23(31)29-22(18-37-17-19-11-7-5-8-12-19)25(32)30-24(27(34)36-4-2)20-13-9-6-10-14-20/h5-14,21-22,24H,3-4,15-18,28H2,1-2H3,(H,29,31)(H,30,32)/t21-,22-,24+/m1/s1. The lowest BCUT2D eigenvalue weighted by Crippen LogP contribution is -2.50. The molecule has 0 radical (unpaired) electrons. The van der Waals surface area contributed by atoms with Gasteiger partial charge in [-0.15, -0.1) is 0 Å². The molecule has 2 amide bonds. The molecule has 2 aromatic rings. The van der Waals surface area contributed by atoms with Crippen molar-refractivity contribution < 1.29 is 28.7 Å². The number of esters is 2. The highest BCUT2D eigenvalue weighted by Crippen LogP contribution is 2.17. The molecule has 0 heterocycles. The van der Waals surface area contributed by atoms with Crippen LogP contribution in [0.15, 0.2) is 60.7 Å². The van der Waals surface area contributed by atoms with E-state index >= 15 is 0 Å². The third kappa shape index (κ3) is 10.6. The van der Waals surface area contributed by atoms with Gasteiger partial charge in [-0.25, -0.2) is 4.79 Å². The van der Waals surface area contributed by atoms with E-state index in [4.69, 9.17) is 15.2 Å². The van der Waals surface area contributed by atoms with Gasteiger partial charge in [-0.2, -0.15) is 11.8 Å². The lowest BCUT2D eigenvalue weighted by Gasteiger charge is -2.23. The van der Waals surface area contributed by atoms with Crippen LogP contribution >= 0.6 is 11.8 Å². The molecular weight excluding hydrogens is 494 g/mol. The summed E-state index contributed by atoms with van der Waals surface area (Å²) in [6, 6.07) is 15.6. The largest absolute Gasteiger partial charge is 0.465 e. The van der Waals surface area contributed by atoms with E-state index in [0.29, 0.717) is 11.3 Å². The number of ether oxygens (including phenoxy) is 2. The molecule has 2 aromatic carbocycles. The van der Waals surface area contributed by atoms with Crippen LogP contribution in [0.25, 0.3) is 0 Å². The number of nitrogens with two attached hydrogens (primary N) is 1. The number of hydrogen-bond acceptors (Lipinski definition) is 8. The number of nitrogens with one attached hydrogen (secondary N) is 2. The van der Waals surface area contributed by atoms with Crippen molar-refractivity contribution in [1.29, 1.82) is 0 Å². The molecule has 0 unspecified atom stereocenters. The molecule has 0 aliphatic carbocycles. The summed E-state index contributed by atoms with van der Waals surface area (Å²) in [6.07, 6.45) is 0.0126. The van der Waals surface area contributed by atoms with E-state index in [0.717, 1.165) is 5.56 Å². The Labute approximate surface area is 221 Å². The maximum atomic E-state index is 13.3. The zero-order chi connectivity index (χ0) is 27.0. The second-order valence-corrected chi connectivity index (χ2v) is 9.15. The van der Waals surface area contributed by atoms with Crippen LogP contribution in [-0.2, 0) is 34.4 Å². The molecule has 0 spiro atoms. The molecule has 9 nitrogen and oxygen atoms in total. The highest BCUT2D eigenvalue weighted by molar-refractivity contribution is 7.98. The summed E-state index contributed by atoms with van der Waals surface area (Å²) in [5.74, 6) is -1.24. The van der Waals surface area contributed by atoms with Crippen LogP contribution < -0.4 is 16.4 Å². The van der Waals surface area contributed by atoms with Gasteiger partial charge in [-0.1, -0.05) is 60.7 Å². The molecular formula is C27H35N3O6S. The van der Waals surface area contributed by atoms with Crippen molar-refractivity contribution in [2.75, 3.05) is 19.0 Å². The summed E-state index contributed by atoms with van der Waals surface area (Å²) < 4.78 is 10.0. The third-order valence-electron chi connectivity index (χ3n) is 5.26. The first-order valence-corrected chi connectivity index (χ1v) is 13.4. The minimum Gasteiger partial charge on any atom is -0.465 e. The van der Waals surface area contributed by atoms with E-state index in [1.165, 1.54) is 11.8 Å². The van der Waals surface area contributed by atoms with E-state index in [1.54, 1.807) is 44.2 Å². The lowest BCUT2D eigenvalue weighted by molar-refractivity contribution is -0.147. The molecule has 4 N–H and O–H groups in total. The van der Waals surface area contributed by atoms with Gasteiger partial charge in [0.25, 0.3) is 0 Å². The van der Waals surface area contributed by atoms with Gasteiger partial charge in [0.15, 0.2) is 6.04 Å². The molecule has 37 heavy (non-hydrogen) atoms. The Bertz CT molecular complexity index is 1010. The highest BCUT2D eigenvalue weighted by Gasteiger charge is 2.29. The molecule has 200 valence electrons. The Morgan fingerprint density at radius 3 is 2.08 bits per heavy atom. The third-order valence-corrected chi connectivity index (χ3v) is 6.37.